The third-order valence-corrected chi connectivity index (χ3v) is 9.61. The quantitative estimate of drug-likeness (QED) is 0.0466. The number of rotatable bonds is 37. The molecule has 0 radical (unpaired) electrons. The van der Waals surface area contributed by atoms with Gasteiger partial charge in [0.1, 0.15) is 0 Å². The lowest BCUT2D eigenvalue weighted by Gasteiger charge is -2.39. The van der Waals surface area contributed by atoms with E-state index in [4.69, 9.17) is 0 Å². The molecule has 5 heteroatoms. The third kappa shape index (κ3) is 30.9. The molecule has 0 heterocycles. The molecular weight excluding hydrogens is 556 g/mol. The van der Waals surface area contributed by atoms with Crippen LogP contribution in [0.15, 0.2) is 0 Å². The summed E-state index contributed by atoms with van der Waals surface area (Å²) in [6, 6.07) is 0. The van der Waals surface area contributed by atoms with Crippen molar-refractivity contribution >= 4 is 0 Å². The fourth-order valence-electron chi connectivity index (χ4n) is 6.57. The smallest absolute Gasteiger partial charge is 0.0681 e. The van der Waals surface area contributed by atoms with Gasteiger partial charge in [-0.15, -0.1) is 0 Å². The van der Waals surface area contributed by atoms with Crippen molar-refractivity contribution < 1.29 is 15.3 Å². The molecule has 0 aliphatic carbocycles. The highest BCUT2D eigenvalue weighted by molar-refractivity contribution is 4.72. The lowest BCUT2D eigenvalue weighted by Crippen LogP contribution is -2.52. The van der Waals surface area contributed by atoms with Gasteiger partial charge in [0.15, 0.2) is 0 Å². The first-order valence-corrected chi connectivity index (χ1v) is 20.5. The molecule has 3 unspecified atom stereocenters. The van der Waals surface area contributed by atoms with Crippen LogP contribution < -0.4 is 0 Å². The van der Waals surface area contributed by atoms with E-state index in [1.807, 2.05) is 0 Å². The number of aliphatic hydroxyl groups excluding tert-OH is 3. The Bertz CT molecular complexity index is 540. The number of hydrogen-bond acceptors (Lipinski definition) is 5. The van der Waals surface area contributed by atoms with Crippen LogP contribution in [0, 0.1) is 0 Å². The van der Waals surface area contributed by atoms with Gasteiger partial charge in [0.05, 0.1) is 18.3 Å². The van der Waals surface area contributed by atoms with E-state index in [1.165, 1.54) is 141 Å². The van der Waals surface area contributed by atoms with Gasteiger partial charge in [-0.3, -0.25) is 0 Å². The van der Waals surface area contributed by atoms with Crippen molar-refractivity contribution in [2.24, 2.45) is 0 Å². The second-order valence-corrected chi connectivity index (χ2v) is 14.4. The number of aliphatic hydroxyl groups is 3. The molecule has 0 aromatic heterocycles. The first-order valence-electron chi connectivity index (χ1n) is 20.5. The molecule has 3 atom stereocenters. The minimum Gasteiger partial charge on any atom is -0.392 e. The number of hydrogen-bond donors (Lipinski definition) is 3. The molecule has 5 nitrogen and oxygen atoms in total. The largest absolute Gasteiger partial charge is 0.392 e. The zero-order valence-electron chi connectivity index (χ0n) is 31.3. The lowest BCUT2D eigenvalue weighted by molar-refractivity contribution is -0.0964. The zero-order valence-corrected chi connectivity index (χ0v) is 31.3. The minimum absolute atomic E-state index is 0.362. The minimum atomic E-state index is -0.394. The molecule has 0 aliphatic rings. The predicted octanol–water partition coefficient (Wildman–Crippen LogP) is 11.0. The van der Waals surface area contributed by atoms with Gasteiger partial charge in [0, 0.05) is 26.2 Å². The first-order chi connectivity index (χ1) is 22.0. The van der Waals surface area contributed by atoms with E-state index in [2.05, 4.69) is 37.7 Å². The van der Waals surface area contributed by atoms with Crippen LogP contribution in [-0.2, 0) is 0 Å². The molecule has 0 aromatic rings. The summed E-state index contributed by atoms with van der Waals surface area (Å²) in [6.07, 6.45) is 33.8. The summed E-state index contributed by atoms with van der Waals surface area (Å²) in [7, 11) is 0. The van der Waals surface area contributed by atoms with Crippen LogP contribution in [0.2, 0.25) is 0 Å². The molecule has 0 saturated carbocycles. The van der Waals surface area contributed by atoms with Crippen molar-refractivity contribution in [2.75, 3.05) is 26.2 Å². The monoisotopic (exact) mass is 641 g/mol. The summed E-state index contributed by atoms with van der Waals surface area (Å²) in [5.41, 5.74) is 0. The fraction of sp³-hybridized carbons (Fsp3) is 1.00. The first kappa shape index (κ1) is 44.8. The normalized spacial score (nSPS) is 14.1. The molecule has 0 spiro atoms. The summed E-state index contributed by atoms with van der Waals surface area (Å²) >= 11 is 0. The number of unbranched alkanes of at least 4 members (excludes halogenated alkanes) is 22. The summed E-state index contributed by atoms with van der Waals surface area (Å²) in [6.45, 7) is 11.7. The van der Waals surface area contributed by atoms with Gasteiger partial charge in [-0.05, 0) is 25.7 Å². The van der Waals surface area contributed by atoms with E-state index >= 15 is 0 Å². The molecule has 0 aliphatic heterocycles. The average molecular weight is 641 g/mol. The van der Waals surface area contributed by atoms with E-state index < -0.39 is 12.2 Å². The highest BCUT2D eigenvalue weighted by atomic mass is 16.3. The summed E-state index contributed by atoms with van der Waals surface area (Å²) in [4.78, 5) is 0. The highest BCUT2D eigenvalue weighted by Gasteiger charge is 2.24. The molecule has 0 saturated heterocycles. The predicted molar refractivity (Wildman–Crippen MR) is 198 cm³/mol. The summed E-state index contributed by atoms with van der Waals surface area (Å²) in [5, 5.41) is 38.0. The van der Waals surface area contributed by atoms with Gasteiger partial charge in [-0.1, -0.05) is 188 Å². The molecule has 45 heavy (non-hydrogen) atoms. The topological polar surface area (TPSA) is 67.2 Å². The molecule has 0 amide bonds. The van der Waals surface area contributed by atoms with Gasteiger partial charge in [-0.2, -0.15) is 0 Å². The number of hydrazine groups is 1. The van der Waals surface area contributed by atoms with Crippen LogP contribution in [0.5, 0.6) is 0 Å². The summed E-state index contributed by atoms with van der Waals surface area (Å²) < 4.78 is 0. The van der Waals surface area contributed by atoms with Gasteiger partial charge in [0.25, 0.3) is 0 Å². The maximum atomic E-state index is 11.2. The van der Waals surface area contributed by atoms with Crippen molar-refractivity contribution in [1.29, 1.82) is 0 Å². The van der Waals surface area contributed by atoms with Crippen LogP contribution in [0.4, 0.5) is 0 Å². The fourth-order valence-corrected chi connectivity index (χ4v) is 6.57. The van der Waals surface area contributed by atoms with Gasteiger partial charge >= 0.3 is 0 Å². The van der Waals surface area contributed by atoms with Crippen LogP contribution in [0.25, 0.3) is 0 Å². The SMILES string of the molecule is CCCCCCCCCCN(CC(O)CCCCCCCC)N(CC(O)CCCCCCCC)CC(O)CCCCCCCC. The third-order valence-electron chi connectivity index (χ3n) is 9.61. The lowest BCUT2D eigenvalue weighted by atomic mass is 10.1. The van der Waals surface area contributed by atoms with Gasteiger partial charge in [0.2, 0.25) is 0 Å². The van der Waals surface area contributed by atoms with E-state index in [1.54, 1.807) is 0 Å². The second-order valence-electron chi connectivity index (χ2n) is 14.4. The van der Waals surface area contributed by atoms with Crippen molar-refractivity contribution in [3.05, 3.63) is 0 Å². The van der Waals surface area contributed by atoms with E-state index in [0.717, 1.165) is 51.5 Å². The average Bonchev–Trinajstić information content (AvgIpc) is 3.02. The Labute approximate surface area is 283 Å². The van der Waals surface area contributed by atoms with Crippen molar-refractivity contribution in [3.63, 3.8) is 0 Å². The van der Waals surface area contributed by atoms with Crippen molar-refractivity contribution in [3.8, 4) is 0 Å². The zero-order chi connectivity index (χ0) is 33.2. The Morgan fingerprint density at radius 2 is 0.556 bits per heavy atom. The van der Waals surface area contributed by atoms with E-state index in [9.17, 15) is 15.3 Å². The van der Waals surface area contributed by atoms with Crippen molar-refractivity contribution in [2.45, 2.75) is 232 Å². The molecule has 3 N–H and O–H groups in total. The van der Waals surface area contributed by atoms with E-state index in [-0.39, 0.29) is 6.10 Å². The second kappa shape index (κ2) is 35.1. The molecular formula is C40H84N2O3. The standard InChI is InChI=1S/C40H84N2O3/c1-5-9-13-17-21-22-26-30-34-41(35-38(43)31-27-23-18-14-10-6-2)42(36-39(44)32-28-24-19-15-11-7-3)37-40(45)33-29-25-20-16-12-8-4/h38-40,43-45H,5-37H2,1-4H3. The molecule has 0 fully saturated rings. The Kier molecular flexibility index (Phi) is 35.0. The van der Waals surface area contributed by atoms with Crippen LogP contribution >= 0.6 is 0 Å². The van der Waals surface area contributed by atoms with Crippen molar-refractivity contribution in [1.82, 2.24) is 10.0 Å². The molecule has 0 rings (SSSR count). The molecule has 0 bridgehead atoms. The van der Waals surface area contributed by atoms with Crippen LogP contribution in [0.3, 0.4) is 0 Å². The van der Waals surface area contributed by atoms with Gasteiger partial charge < -0.3 is 15.3 Å². The Hall–Kier alpha value is -0.200. The Morgan fingerprint density at radius 1 is 0.311 bits per heavy atom. The Balaban J connectivity index is 5.24. The maximum Gasteiger partial charge on any atom is 0.0681 e. The molecule has 272 valence electrons. The Morgan fingerprint density at radius 3 is 0.867 bits per heavy atom. The maximum absolute atomic E-state index is 11.2. The highest BCUT2D eigenvalue weighted by Crippen LogP contribution is 2.17. The van der Waals surface area contributed by atoms with E-state index in [0.29, 0.717) is 19.6 Å². The summed E-state index contributed by atoms with van der Waals surface area (Å²) in [5.74, 6) is 0. The number of nitrogens with zero attached hydrogens (tertiary/aromatic N) is 2. The van der Waals surface area contributed by atoms with Gasteiger partial charge in [-0.25, -0.2) is 10.0 Å². The van der Waals surface area contributed by atoms with Crippen LogP contribution in [-0.4, -0.2) is 69.8 Å². The van der Waals surface area contributed by atoms with Crippen LogP contribution in [0.1, 0.15) is 214 Å². The molecule has 0 aromatic carbocycles.